The van der Waals surface area contributed by atoms with Crippen LogP contribution in [0, 0.1) is 0 Å². The summed E-state index contributed by atoms with van der Waals surface area (Å²) in [5.41, 5.74) is 3.79. The summed E-state index contributed by atoms with van der Waals surface area (Å²) < 4.78 is 0.353. The number of anilines is 1. The number of benzene rings is 1. The van der Waals surface area contributed by atoms with Gasteiger partial charge >= 0.3 is 0 Å². The standard InChI is InChI=1S/C11H8BrClN4O/c12-10-9(6-15-17-11(10)18)16-14-5-7-1-3-8(13)4-2-7/h1-6H,(H2,16,17,18)/b14-5-. The number of nitrogens with one attached hydrogen (secondary N) is 2. The number of nitrogens with zero attached hydrogens (tertiary/aromatic N) is 2. The SMILES string of the molecule is O=c1[nH]ncc(N/N=C\c2ccc(Cl)cc2)c1Br. The van der Waals surface area contributed by atoms with Crippen LogP contribution in [0.4, 0.5) is 5.69 Å². The van der Waals surface area contributed by atoms with Gasteiger partial charge in [-0.3, -0.25) is 10.2 Å². The van der Waals surface area contributed by atoms with Crippen molar-refractivity contribution < 1.29 is 0 Å². The molecule has 0 fully saturated rings. The van der Waals surface area contributed by atoms with E-state index < -0.39 is 0 Å². The third kappa shape index (κ3) is 3.18. The molecule has 0 radical (unpaired) electrons. The molecule has 0 aliphatic carbocycles. The average molecular weight is 328 g/mol. The van der Waals surface area contributed by atoms with Crippen molar-refractivity contribution in [1.82, 2.24) is 10.2 Å². The topological polar surface area (TPSA) is 70.1 Å². The number of hydrogen-bond donors (Lipinski definition) is 2. The summed E-state index contributed by atoms with van der Waals surface area (Å²) in [6.45, 7) is 0. The minimum absolute atomic E-state index is 0.318. The Hall–Kier alpha value is -1.66. The van der Waals surface area contributed by atoms with Gasteiger partial charge in [-0.15, -0.1) is 0 Å². The molecule has 7 heteroatoms. The molecule has 5 nitrogen and oxygen atoms in total. The van der Waals surface area contributed by atoms with Gasteiger partial charge in [0, 0.05) is 5.02 Å². The fourth-order valence-electron chi connectivity index (χ4n) is 1.19. The Morgan fingerprint density at radius 1 is 1.39 bits per heavy atom. The first kappa shape index (κ1) is 12.8. The van der Waals surface area contributed by atoms with Gasteiger partial charge < -0.3 is 0 Å². The van der Waals surface area contributed by atoms with Gasteiger partial charge in [-0.25, -0.2) is 5.10 Å². The highest BCUT2D eigenvalue weighted by atomic mass is 79.9. The lowest BCUT2D eigenvalue weighted by molar-refractivity contribution is 0.977. The second-order valence-corrected chi connectivity index (χ2v) is 4.58. The fraction of sp³-hybridized carbons (Fsp3) is 0. The number of aromatic nitrogens is 2. The molecule has 18 heavy (non-hydrogen) atoms. The summed E-state index contributed by atoms with van der Waals surface area (Å²) in [7, 11) is 0. The zero-order chi connectivity index (χ0) is 13.0. The van der Waals surface area contributed by atoms with E-state index in [4.69, 9.17) is 11.6 Å². The van der Waals surface area contributed by atoms with E-state index in [1.165, 1.54) is 6.20 Å². The number of hydrogen-bond acceptors (Lipinski definition) is 4. The van der Waals surface area contributed by atoms with Crippen molar-refractivity contribution in [2.45, 2.75) is 0 Å². The molecule has 1 aromatic carbocycles. The maximum absolute atomic E-state index is 11.2. The molecule has 0 unspecified atom stereocenters. The van der Waals surface area contributed by atoms with Crippen LogP contribution in [0.1, 0.15) is 5.56 Å². The molecule has 1 aromatic heterocycles. The molecule has 0 saturated heterocycles. The van der Waals surface area contributed by atoms with E-state index in [1.54, 1.807) is 18.3 Å². The van der Waals surface area contributed by atoms with Gasteiger partial charge in [0.1, 0.15) is 4.47 Å². The van der Waals surface area contributed by atoms with E-state index in [9.17, 15) is 4.79 Å². The third-order valence-corrected chi connectivity index (χ3v) is 3.10. The maximum Gasteiger partial charge on any atom is 0.280 e. The van der Waals surface area contributed by atoms with Crippen LogP contribution < -0.4 is 11.0 Å². The van der Waals surface area contributed by atoms with Crippen molar-refractivity contribution in [1.29, 1.82) is 0 Å². The molecule has 0 amide bonds. The number of H-pyrrole nitrogens is 1. The van der Waals surface area contributed by atoms with Crippen LogP contribution in [0.25, 0.3) is 0 Å². The van der Waals surface area contributed by atoms with Gasteiger partial charge in [-0.05, 0) is 33.6 Å². The van der Waals surface area contributed by atoms with Crippen LogP contribution >= 0.6 is 27.5 Å². The minimum Gasteiger partial charge on any atom is -0.275 e. The first-order valence-corrected chi connectivity index (χ1v) is 6.12. The zero-order valence-electron chi connectivity index (χ0n) is 9.02. The molecule has 0 aliphatic rings. The summed E-state index contributed by atoms with van der Waals surface area (Å²) in [5, 5.41) is 10.6. The first-order chi connectivity index (χ1) is 8.66. The molecule has 2 aromatic rings. The highest BCUT2D eigenvalue weighted by Crippen LogP contribution is 2.15. The molecule has 92 valence electrons. The minimum atomic E-state index is -0.318. The van der Waals surface area contributed by atoms with Gasteiger partial charge in [0.05, 0.1) is 18.1 Å². The Bertz CT molecular complexity index is 624. The number of halogens is 2. The highest BCUT2D eigenvalue weighted by molar-refractivity contribution is 9.10. The number of hydrazone groups is 1. The van der Waals surface area contributed by atoms with Crippen molar-refractivity contribution in [2.75, 3.05) is 5.43 Å². The largest absolute Gasteiger partial charge is 0.280 e. The van der Waals surface area contributed by atoms with E-state index in [0.29, 0.717) is 15.2 Å². The molecule has 0 bridgehead atoms. The average Bonchev–Trinajstić information content (AvgIpc) is 2.37. The first-order valence-electron chi connectivity index (χ1n) is 4.94. The Morgan fingerprint density at radius 2 is 2.11 bits per heavy atom. The van der Waals surface area contributed by atoms with Gasteiger partial charge in [0.15, 0.2) is 0 Å². The monoisotopic (exact) mass is 326 g/mol. The molecule has 2 rings (SSSR count). The smallest absolute Gasteiger partial charge is 0.275 e. The highest BCUT2D eigenvalue weighted by Gasteiger charge is 2.02. The van der Waals surface area contributed by atoms with Crippen LogP contribution in [0.2, 0.25) is 5.02 Å². The molecular formula is C11H8BrClN4O. The molecule has 2 N–H and O–H groups in total. The van der Waals surface area contributed by atoms with E-state index in [-0.39, 0.29) is 5.56 Å². The van der Waals surface area contributed by atoms with Crippen LogP contribution in [-0.4, -0.2) is 16.4 Å². The Kier molecular flexibility index (Phi) is 4.11. The van der Waals surface area contributed by atoms with Crippen LogP contribution in [0.3, 0.4) is 0 Å². The number of rotatable bonds is 3. The van der Waals surface area contributed by atoms with Crippen molar-refractivity contribution in [3.05, 3.63) is 55.9 Å². The van der Waals surface area contributed by atoms with Crippen LogP contribution in [-0.2, 0) is 0 Å². The summed E-state index contributed by atoms with van der Waals surface area (Å²) in [5.74, 6) is 0. The predicted molar refractivity (Wildman–Crippen MR) is 75.2 cm³/mol. The normalized spacial score (nSPS) is 10.8. The number of aromatic amines is 1. The fourth-order valence-corrected chi connectivity index (χ4v) is 1.59. The van der Waals surface area contributed by atoms with Crippen molar-refractivity contribution in [3.8, 4) is 0 Å². The summed E-state index contributed by atoms with van der Waals surface area (Å²) >= 11 is 8.91. The molecule has 0 saturated carbocycles. The second kappa shape index (κ2) is 5.79. The molecule has 0 aliphatic heterocycles. The Balaban J connectivity index is 2.09. The van der Waals surface area contributed by atoms with E-state index in [1.807, 2.05) is 12.1 Å². The van der Waals surface area contributed by atoms with Gasteiger partial charge in [-0.2, -0.15) is 10.2 Å². The maximum atomic E-state index is 11.2. The van der Waals surface area contributed by atoms with E-state index in [2.05, 4.69) is 36.7 Å². The van der Waals surface area contributed by atoms with Gasteiger partial charge in [0.25, 0.3) is 5.56 Å². The predicted octanol–water partition coefficient (Wildman–Crippen LogP) is 2.63. The molecule has 0 atom stereocenters. The molecule has 1 heterocycles. The Morgan fingerprint density at radius 3 is 2.83 bits per heavy atom. The lowest BCUT2D eigenvalue weighted by Gasteiger charge is -2.00. The van der Waals surface area contributed by atoms with E-state index in [0.717, 1.165) is 5.56 Å². The van der Waals surface area contributed by atoms with Crippen LogP contribution in [0.15, 0.2) is 44.8 Å². The van der Waals surface area contributed by atoms with Crippen molar-refractivity contribution >= 4 is 39.4 Å². The van der Waals surface area contributed by atoms with Crippen LogP contribution in [0.5, 0.6) is 0 Å². The van der Waals surface area contributed by atoms with Gasteiger partial charge in [-0.1, -0.05) is 23.7 Å². The quantitative estimate of drug-likeness (QED) is 0.672. The molecular weight excluding hydrogens is 320 g/mol. The summed E-state index contributed by atoms with van der Waals surface area (Å²) in [6, 6.07) is 7.21. The third-order valence-electron chi connectivity index (χ3n) is 2.06. The lowest BCUT2D eigenvalue weighted by Crippen LogP contribution is -2.10. The lowest BCUT2D eigenvalue weighted by atomic mass is 10.2. The van der Waals surface area contributed by atoms with E-state index >= 15 is 0 Å². The molecule has 0 spiro atoms. The zero-order valence-corrected chi connectivity index (χ0v) is 11.4. The van der Waals surface area contributed by atoms with Crippen molar-refractivity contribution in [3.63, 3.8) is 0 Å². The Labute approximate surface area is 116 Å². The summed E-state index contributed by atoms with van der Waals surface area (Å²) in [6.07, 6.45) is 3.08. The van der Waals surface area contributed by atoms with Crippen molar-refractivity contribution in [2.24, 2.45) is 5.10 Å². The van der Waals surface area contributed by atoms with Gasteiger partial charge in [0.2, 0.25) is 0 Å². The second-order valence-electron chi connectivity index (χ2n) is 3.35. The summed E-state index contributed by atoms with van der Waals surface area (Å²) in [4.78, 5) is 11.2.